The summed E-state index contributed by atoms with van der Waals surface area (Å²) in [5.41, 5.74) is 1.60. The Morgan fingerprint density at radius 1 is 1.21 bits per heavy atom. The highest BCUT2D eigenvalue weighted by Crippen LogP contribution is 2.36. The van der Waals surface area contributed by atoms with Crippen molar-refractivity contribution in [3.8, 4) is 5.75 Å². The van der Waals surface area contributed by atoms with Crippen molar-refractivity contribution in [2.24, 2.45) is 0 Å². The van der Waals surface area contributed by atoms with E-state index in [1.807, 2.05) is 25.1 Å². The number of aromatic nitrogens is 1. The third kappa shape index (κ3) is 6.26. The highest BCUT2D eigenvalue weighted by molar-refractivity contribution is 7.91. The van der Waals surface area contributed by atoms with Crippen LogP contribution in [-0.4, -0.2) is 53.6 Å². The van der Waals surface area contributed by atoms with Gasteiger partial charge in [-0.3, -0.25) is 0 Å². The number of nitrogens with zero attached hydrogens (tertiary/aromatic N) is 2. The van der Waals surface area contributed by atoms with Crippen LogP contribution in [0, 0.1) is 10.9 Å². The van der Waals surface area contributed by atoms with Crippen molar-refractivity contribution in [2.45, 2.75) is 4.90 Å². The maximum atomic E-state index is 14.9. The van der Waals surface area contributed by atoms with E-state index in [1.54, 1.807) is 19.2 Å². The van der Waals surface area contributed by atoms with Crippen molar-refractivity contribution < 1.29 is 21.9 Å². The number of anilines is 4. The molecular weight excluding hydrogens is 508 g/mol. The molecule has 2 aromatic carbocycles. The maximum Gasteiger partial charge on any atom is 0.199 e. The van der Waals surface area contributed by atoms with E-state index in [9.17, 15) is 17.2 Å². The molecule has 0 aliphatic carbocycles. The van der Waals surface area contributed by atoms with Gasteiger partial charge in [-0.25, -0.2) is 17.8 Å². The van der Waals surface area contributed by atoms with Crippen LogP contribution in [0.5, 0.6) is 5.75 Å². The normalized spacial score (nSPS) is 11.4. The second-order valence-electron chi connectivity index (χ2n) is 7.20. The summed E-state index contributed by atoms with van der Waals surface area (Å²) in [6, 6.07) is 7.41. The predicted molar refractivity (Wildman–Crippen MR) is 133 cm³/mol. The molecule has 3 rings (SSSR count). The number of methoxy groups -OCH3 is 1. The minimum Gasteiger partial charge on any atom is -0.497 e. The van der Waals surface area contributed by atoms with Gasteiger partial charge in [0.05, 0.1) is 35.4 Å². The SMILES string of the molecule is CNCCN(C)c1cc(OC)ccc1Nc1cc(F)c(S(=O)(=O)CNc2ncc(F)s2)cc1Cl. The Balaban J connectivity index is 1.86. The molecule has 1 aromatic heterocycles. The molecule has 184 valence electrons. The highest BCUT2D eigenvalue weighted by Gasteiger charge is 2.22. The summed E-state index contributed by atoms with van der Waals surface area (Å²) >= 11 is 6.98. The Morgan fingerprint density at radius 2 is 1.97 bits per heavy atom. The number of sulfone groups is 1. The lowest BCUT2D eigenvalue weighted by atomic mass is 10.2. The standard InChI is InChI=1S/C21H24ClF2N5O3S2/c1-25-6-7-29(2)18-8-13(32-3)4-5-16(18)28-17-10-15(23)19(9-14(17)22)34(30,31)12-27-21-26-11-20(24)33-21/h4-5,8-11,25,28H,6-7,12H2,1-3H3,(H,26,27). The molecule has 0 radical (unpaired) electrons. The van der Waals surface area contributed by atoms with E-state index in [4.69, 9.17) is 16.3 Å². The molecule has 0 aliphatic rings. The van der Waals surface area contributed by atoms with E-state index in [2.05, 4.69) is 20.9 Å². The smallest absolute Gasteiger partial charge is 0.199 e. The summed E-state index contributed by atoms with van der Waals surface area (Å²) in [5.74, 6) is -1.00. The first-order chi connectivity index (χ1) is 16.1. The van der Waals surface area contributed by atoms with Crippen LogP contribution in [0.3, 0.4) is 0 Å². The first-order valence-corrected chi connectivity index (χ1v) is 12.9. The number of likely N-dealkylation sites (N-methyl/N-ethyl adjacent to an activating group) is 2. The van der Waals surface area contributed by atoms with Crippen molar-refractivity contribution in [3.05, 3.63) is 52.5 Å². The van der Waals surface area contributed by atoms with Crippen LogP contribution in [0.4, 0.5) is 31.0 Å². The lowest BCUT2D eigenvalue weighted by Crippen LogP contribution is -2.27. The van der Waals surface area contributed by atoms with Crippen LogP contribution < -0.4 is 25.6 Å². The van der Waals surface area contributed by atoms with Gasteiger partial charge in [-0.2, -0.15) is 4.39 Å². The average Bonchev–Trinajstić information content (AvgIpc) is 3.23. The zero-order valence-electron chi connectivity index (χ0n) is 18.7. The largest absolute Gasteiger partial charge is 0.497 e. The Kier molecular flexibility index (Phi) is 8.52. The van der Waals surface area contributed by atoms with Gasteiger partial charge in [0.1, 0.15) is 22.3 Å². The van der Waals surface area contributed by atoms with Crippen LogP contribution in [-0.2, 0) is 9.84 Å². The number of hydrogen-bond donors (Lipinski definition) is 3. The number of ether oxygens (including phenoxy) is 1. The van der Waals surface area contributed by atoms with E-state index >= 15 is 0 Å². The Labute approximate surface area is 205 Å². The molecule has 0 saturated heterocycles. The topological polar surface area (TPSA) is 95.6 Å². The van der Waals surface area contributed by atoms with E-state index in [0.29, 0.717) is 29.3 Å². The summed E-state index contributed by atoms with van der Waals surface area (Å²) in [6.45, 7) is 1.42. The molecule has 8 nitrogen and oxygen atoms in total. The Bertz CT molecular complexity index is 1260. The fraction of sp³-hybridized carbons (Fsp3) is 0.286. The third-order valence-electron chi connectivity index (χ3n) is 4.83. The molecule has 0 amide bonds. The van der Waals surface area contributed by atoms with Crippen LogP contribution in [0.25, 0.3) is 0 Å². The monoisotopic (exact) mass is 531 g/mol. The molecule has 3 aromatic rings. The zero-order chi connectivity index (χ0) is 24.9. The second kappa shape index (κ2) is 11.2. The fourth-order valence-electron chi connectivity index (χ4n) is 3.04. The van der Waals surface area contributed by atoms with Gasteiger partial charge in [0.15, 0.2) is 20.1 Å². The van der Waals surface area contributed by atoms with Gasteiger partial charge in [0.25, 0.3) is 0 Å². The van der Waals surface area contributed by atoms with Crippen molar-refractivity contribution in [1.82, 2.24) is 10.3 Å². The van der Waals surface area contributed by atoms with Gasteiger partial charge >= 0.3 is 0 Å². The van der Waals surface area contributed by atoms with E-state index in [-0.39, 0.29) is 15.8 Å². The number of benzene rings is 2. The lowest BCUT2D eigenvalue weighted by molar-refractivity contribution is 0.415. The molecule has 0 atom stereocenters. The minimum atomic E-state index is -4.12. The molecule has 1 heterocycles. The molecule has 3 N–H and O–H groups in total. The van der Waals surface area contributed by atoms with Crippen molar-refractivity contribution in [3.63, 3.8) is 0 Å². The van der Waals surface area contributed by atoms with E-state index in [1.165, 1.54) is 0 Å². The van der Waals surface area contributed by atoms with Gasteiger partial charge in [-0.05, 0) is 25.2 Å². The predicted octanol–water partition coefficient (Wildman–Crippen LogP) is 4.33. The number of thiazole rings is 1. The second-order valence-corrected chi connectivity index (χ2v) is 10.5. The zero-order valence-corrected chi connectivity index (χ0v) is 21.0. The minimum absolute atomic E-state index is 0.0138. The van der Waals surface area contributed by atoms with Crippen LogP contribution in [0.2, 0.25) is 5.02 Å². The lowest BCUT2D eigenvalue weighted by Gasteiger charge is -2.24. The third-order valence-corrected chi connectivity index (χ3v) is 7.39. The number of nitrogens with one attached hydrogen (secondary N) is 3. The Morgan fingerprint density at radius 3 is 2.62 bits per heavy atom. The molecular formula is C21H24ClF2N5O3S2. The van der Waals surface area contributed by atoms with Gasteiger partial charge in [-0.1, -0.05) is 22.9 Å². The molecule has 0 fully saturated rings. The van der Waals surface area contributed by atoms with Gasteiger partial charge < -0.3 is 25.6 Å². The van der Waals surface area contributed by atoms with Gasteiger partial charge in [-0.15, -0.1) is 0 Å². The molecule has 0 aliphatic heterocycles. The first-order valence-electron chi connectivity index (χ1n) is 10.0. The van der Waals surface area contributed by atoms with Crippen LogP contribution >= 0.6 is 22.9 Å². The van der Waals surface area contributed by atoms with Crippen molar-refractivity contribution >= 4 is 55.0 Å². The maximum absolute atomic E-state index is 14.9. The molecule has 0 bridgehead atoms. The summed E-state index contributed by atoms with van der Waals surface area (Å²) in [6.07, 6.45) is 0.959. The van der Waals surface area contributed by atoms with Gasteiger partial charge in [0, 0.05) is 32.3 Å². The summed E-state index contributed by atoms with van der Waals surface area (Å²) in [7, 11) is 1.19. The Hall–Kier alpha value is -2.67. The van der Waals surface area contributed by atoms with Crippen molar-refractivity contribution in [2.75, 3.05) is 55.7 Å². The quantitative estimate of drug-likeness (QED) is 0.336. The highest BCUT2D eigenvalue weighted by atomic mass is 35.5. The summed E-state index contributed by atoms with van der Waals surface area (Å²) in [5, 5.41) is 8.15. The molecule has 0 unspecified atom stereocenters. The average molecular weight is 532 g/mol. The fourth-order valence-corrected chi connectivity index (χ4v) is 5.08. The number of rotatable bonds is 11. The molecule has 13 heteroatoms. The van der Waals surface area contributed by atoms with E-state index < -0.39 is 31.6 Å². The van der Waals surface area contributed by atoms with Crippen molar-refractivity contribution in [1.29, 1.82) is 0 Å². The molecule has 34 heavy (non-hydrogen) atoms. The number of halogens is 3. The van der Waals surface area contributed by atoms with E-state index in [0.717, 1.165) is 30.6 Å². The van der Waals surface area contributed by atoms with Crippen LogP contribution in [0.1, 0.15) is 0 Å². The number of hydrogen-bond acceptors (Lipinski definition) is 9. The summed E-state index contributed by atoms with van der Waals surface area (Å²) in [4.78, 5) is 5.10. The first kappa shape index (κ1) is 25.9. The summed E-state index contributed by atoms with van der Waals surface area (Å²) < 4.78 is 58.5. The van der Waals surface area contributed by atoms with Gasteiger partial charge in [0.2, 0.25) is 0 Å². The van der Waals surface area contributed by atoms with Crippen LogP contribution in [0.15, 0.2) is 41.4 Å². The molecule has 0 spiro atoms. The molecule has 0 saturated carbocycles.